The molecule has 0 fully saturated rings. The summed E-state index contributed by atoms with van der Waals surface area (Å²) in [6.45, 7) is 1.73. The van der Waals surface area contributed by atoms with Crippen molar-refractivity contribution in [2.24, 2.45) is 0 Å². The highest BCUT2D eigenvalue weighted by Gasteiger charge is 2.39. The molecular formula is C23H20F2N2O5S. The Morgan fingerprint density at radius 1 is 1.03 bits per heavy atom. The maximum Gasteiger partial charge on any atom is 0.406 e. The largest absolute Gasteiger partial charge is 0.465 e. The van der Waals surface area contributed by atoms with Crippen LogP contribution in [0, 0.1) is 18.6 Å². The van der Waals surface area contributed by atoms with Crippen LogP contribution in [0.1, 0.15) is 22.9 Å². The Morgan fingerprint density at radius 3 is 2.24 bits per heavy atom. The molecule has 4 rings (SSSR count). The van der Waals surface area contributed by atoms with Crippen molar-refractivity contribution in [1.29, 1.82) is 0 Å². The van der Waals surface area contributed by atoms with Crippen LogP contribution in [-0.2, 0) is 16.4 Å². The number of ether oxygens (including phenoxy) is 1. The lowest BCUT2D eigenvalue weighted by molar-refractivity contribution is 0.172. The van der Waals surface area contributed by atoms with Crippen LogP contribution in [-0.4, -0.2) is 30.5 Å². The second kappa shape index (κ2) is 8.80. The summed E-state index contributed by atoms with van der Waals surface area (Å²) >= 11 is 0. The van der Waals surface area contributed by atoms with Crippen LogP contribution < -0.4 is 10.1 Å². The highest BCUT2D eigenvalue weighted by atomic mass is 32.2. The Morgan fingerprint density at radius 2 is 1.64 bits per heavy atom. The highest BCUT2D eigenvalue weighted by Crippen LogP contribution is 2.36. The molecule has 0 saturated carbocycles. The molecule has 0 bridgehead atoms. The van der Waals surface area contributed by atoms with Crippen molar-refractivity contribution in [3.05, 3.63) is 89.0 Å². The van der Waals surface area contributed by atoms with Crippen LogP contribution >= 0.6 is 0 Å². The number of sulfonamides is 1. The monoisotopic (exact) mass is 474 g/mol. The van der Waals surface area contributed by atoms with Crippen LogP contribution in [0.25, 0.3) is 0 Å². The van der Waals surface area contributed by atoms with Crippen molar-refractivity contribution in [2.45, 2.75) is 24.4 Å². The van der Waals surface area contributed by atoms with Gasteiger partial charge in [-0.3, -0.25) is 0 Å². The van der Waals surface area contributed by atoms with Crippen molar-refractivity contribution >= 4 is 16.1 Å². The minimum absolute atomic E-state index is 0.00323. The molecule has 2 N–H and O–H groups in total. The predicted octanol–water partition coefficient (Wildman–Crippen LogP) is 4.58. The summed E-state index contributed by atoms with van der Waals surface area (Å²) < 4.78 is 61.0. The third kappa shape index (κ3) is 4.53. The molecule has 0 saturated heterocycles. The van der Waals surface area contributed by atoms with E-state index >= 15 is 0 Å². The fourth-order valence-electron chi connectivity index (χ4n) is 3.84. The standard InChI is InChI=1S/C23H20F2N2O5S/c1-14-2-11-20(25)21-19(14)12-13-27(22(21)26-23(28)29)33(30,31)18-9-7-17(8-10-18)32-16-5-3-15(24)4-6-16/h2-11,22,26H,12-13H2,1H3,(H,28,29)/t22-/m1/s1. The van der Waals surface area contributed by atoms with Gasteiger partial charge in [0.2, 0.25) is 10.0 Å². The first kappa shape index (κ1) is 22.7. The number of carbonyl (C=O) groups is 1. The van der Waals surface area contributed by atoms with Gasteiger partial charge in [-0.1, -0.05) is 6.07 Å². The Kier molecular flexibility index (Phi) is 6.05. The van der Waals surface area contributed by atoms with E-state index in [2.05, 4.69) is 5.32 Å². The van der Waals surface area contributed by atoms with E-state index in [1.807, 2.05) is 0 Å². The zero-order chi connectivity index (χ0) is 23.8. The molecule has 1 amide bonds. The summed E-state index contributed by atoms with van der Waals surface area (Å²) in [5.41, 5.74) is 1.34. The number of nitrogens with one attached hydrogen (secondary N) is 1. The van der Waals surface area contributed by atoms with Crippen LogP contribution in [0.2, 0.25) is 0 Å². The number of nitrogens with zero attached hydrogens (tertiary/aromatic N) is 1. The summed E-state index contributed by atoms with van der Waals surface area (Å²) in [6, 6.07) is 13.6. The third-order valence-electron chi connectivity index (χ3n) is 5.42. The van der Waals surface area contributed by atoms with Crippen LogP contribution in [0.15, 0.2) is 65.6 Å². The third-order valence-corrected chi connectivity index (χ3v) is 7.30. The number of amides is 1. The Labute approximate surface area is 189 Å². The first-order valence-corrected chi connectivity index (χ1v) is 11.4. The molecule has 3 aromatic rings. The maximum atomic E-state index is 14.7. The topological polar surface area (TPSA) is 95.9 Å². The smallest absolute Gasteiger partial charge is 0.406 e. The summed E-state index contributed by atoms with van der Waals surface area (Å²) in [6.07, 6.45) is -2.65. The van der Waals surface area contributed by atoms with E-state index in [1.165, 1.54) is 54.6 Å². The van der Waals surface area contributed by atoms with Crippen molar-refractivity contribution in [1.82, 2.24) is 9.62 Å². The second-order valence-electron chi connectivity index (χ2n) is 7.50. The van der Waals surface area contributed by atoms with Gasteiger partial charge in [-0.15, -0.1) is 0 Å². The van der Waals surface area contributed by atoms with E-state index in [4.69, 9.17) is 4.74 Å². The van der Waals surface area contributed by atoms with E-state index in [1.54, 1.807) is 13.0 Å². The van der Waals surface area contributed by atoms with E-state index in [0.29, 0.717) is 17.1 Å². The van der Waals surface area contributed by atoms with Gasteiger partial charge in [0.05, 0.1) is 4.90 Å². The van der Waals surface area contributed by atoms with Gasteiger partial charge in [-0.25, -0.2) is 22.0 Å². The van der Waals surface area contributed by atoms with Crippen LogP contribution in [0.4, 0.5) is 13.6 Å². The lowest BCUT2D eigenvalue weighted by atomic mass is 9.93. The molecule has 3 aromatic carbocycles. The van der Waals surface area contributed by atoms with Crippen LogP contribution in [0.5, 0.6) is 11.5 Å². The van der Waals surface area contributed by atoms with Crippen molar-refractivity contribution in [3.63, 3.8) is 0 Å². The summed E-state index contributed by atoms with van der Waals surface area (Å²) in [5.74, 6) is -0.400. The van der Waals surface area contributed by atoms with Crippen molar-refractivity contribution in [2.75, 3.05) is 6.54 Å². The van der Waals surface area contributed by atoms with E-state index < -0.39 is 33.9 Å². The summed E-state index contributed by atoms with van der Waals surface area (Å²) in [5, 5.41) is 11.5. The molecule has 0 spiro atoms. The molecule has 10 heteroatoms. The molecule has 0 aliphatic carbocycles. The molecule has 0 radical (unpaired) electrons. The number of rotatable bonds is 5. The van der Waals surface area contributed by atoms with Gasteiger partial charge in [0.1, 0.15) is 29.3 Å². The van der Waals surface area contributed by atoms with E-state index in [9.17, 15) is 27.1 Å². The molecule has 1 atom stereocenters. The molecule has 0 aromatic heterocycles. The Hall–Kier alpha value is -3.50. The average Bonchev–Trinajstić information content (AvgIpc) is 2.78. The lowest BCUT2D eigenvalue weighted by Gasteiger charge is -2.36. The maximum absolute atomic E-state index is 14.7. The predicted molar refractivity (Wildman–Crippen MR) is 116 cm³/mol. The normalized spacial score (nSPS) is 16.2. The number of hydrogen-bond donors (Lipinski definition) is 2. The first-order valence-electron chi connectivity index (χ1n) is 9.99. The molecule has 7 nitrogen and oxygen atoms in total. The van der Waals surface area contributed by atoms with Crippen molar-refractivity contribution in [3.8, 4) is 11.5 Å². The molecule has 1 heterocycles. The van der Waals surface area contributed by atoms with Gasteiger partial charge in [0.15, 0.2) is 0 Å². The van der Waals surface area contributed by atoms with Crippen LogP contribution in [0.3, 0.4) is 0 Å². The molecule has 172 valence electrons. The lowest BCUT2D eigenvalue weighted by Crippen LogP contribution is -2.48. The van der Waals surface area contributed by atoms with Gasteiger partial charge in [-0.05, 0) is 79.1 Å². The van der Waals surface area contributed by atoms with E-state index in [0.717, 1.165) is 9.87 Å². The zero-order valence-corrected chi connectivity index (χ0v) is 18.3. The zero-order valence-electron chi connectivity index (χ0n) is 17.5. The van der Waals surface area contributed by atoms with Gasteiger partial charge < -0.3 is 15.2 Å². The van der Waals surface area contributed by atoms with E-state index in [-0.39, 0.29) is 23.4 Å². The minimum Gasteiger partial charge on any atom is -0.465 e. The SMILES string of the molecule is Cc1ccc(F)c2c1CCN(S(=O)(=O)c1ccc(Oc3ccc(F)cc3)cc1)[C@H]2NC(=O)O. The highest BCUT2D eigenvalue weighted by molar-refractivity contribution is 7.89. The summed E-state index contributed by atoms with van der Waals surface area (Å²) in [7, 11) is -4.19. The molecular weight excluding hydrogens is 454 g/mol. The summed E-state index contributed by atoms with van der Waals surface area (Å²) in [4.78, 5) is 11.3. The molecule has 1 aliphatic heterocycles. The van der Waals surface area contributed by atoms with Gasteiger partial charge in [-0.2, -0.15) is 4.31 Å². The van der Waals surface area contributed by atoms with Gasteiger partial charge >= 0.3 is 6.09 Å². The minimum atomic E-state index is -4.19. The molecule has 33 heavy (non-hydrogen) atoms. The number of aryl methyl sites for hydroxylation is 1. The quantitative estimate of drug-likeness (QED) is 0.565. The number of fused-ring (bicyclic) bond motifs is 1. The second-order valence-corrected chi connectivity index (χ2v) is 9.39. The Balaban J connectivity index is 1.65. The molecule has 0 unspecified atom stereocenters. The van der Waals surface area contributed by atoms with Gasteiger partial charge in [0.25, 0.3) is 0 Å². The Bertz CT molecular complexity index is 1300. The fourth-order valence-corrected chi connectivity index (χ4v) is 5.36. The first-order chi connectivity index (χ1) is 15.7. The fraction of sp³-hybridized carbons (Fsp3) is 0.174. The number of halogens is 2. The molecule has 1 aliphatic rings. The number of benzene rings is 3. The number of carboxylic acid groups (broad SMARTS) is 1. The van der Waals surface area contributed by atoms with Gasteiger partial charge in [0, 0.05) is 12.1 Å². The number of hydrogen-bond acceptors (Lipinski definition) is 4. The average molecular weight is 474 g/mol. The van der Waals surface area contributed by atoms with Crippen molar-refractivity contribution < 1.29 is 31.8 Å².